The molecule has 0 heteroatoms. The maximum Gasteiger partial charge on any atom is -0.0325 e. The Morgan fingerprint density at radius 1 is 0.844 bits per heavy atom. The van der Waals surface area contributed by atoms with Gasteiger partial charge in [0.1, 0.15) is 0 Å². The van der Waals surface area contributed by atoms with Crippen molar-refractivity contribution < 1.29 is 0 Å². The van der Waals surface area contributed by atoms with Crippen LogP contribution in [-0.4, -0.2) is 0 Å². The highest BCUT2D eigenvalue weighted by Gasteiger charge is 2.45. The van der Waals surface area contributed by atoms with Crippen molar-refractivity contribution in [2.45, 2.75) is 153 Å². The van der Waals surface area contributed by atoms with Gasteiger partial charge in [-0.15, -0.1) is 0 Å². The molecule has 0 aromatic rings. The number of allylic oxidation sites excluding steroid dienone is 2. The highest BCUT2D eigenvalue weighted by molar-refractivity contribution is 4.95. The summed E-state index contributed by atoms with van der Waals surface area (Å²) in [4.78, 5) is 0. The number of fused-ring (bicyclic) bond motifs is 1. The van der Waals surface area contributed by atoms with Crippen LogP contribution in [0.5, 0.6) is 0 Å². The molecule has 0 radical (unpaired) electrons. The van der Waals surface area contributed by atoms with Crippen LogP contribution in [0.4, 0.5) is 0 Å². The first-order chi connectivity index (χ1) is 15.0. The fourth-order valence-corrected chi connectivity index (χ4v) is 5.79. The fraction of sp³-hybridized carbons (Fsp3) is 0.938. The summed E-state index contributed by atoms with van der Waals surface area (Å²) in [5, 5.41) is 0. The SMILES string of the molecule is C.C/C=C\CC(C)CCCCC(CC)CC(C)C1CC2CCCC21.CC.CCC(C)CC. The van der Waals surface area contributed by atoms with E-state index >= 15 is 0 Å². The van der Waals surface area contributed by atoms with Crippen LogP contribution in [0.25, 0.3) is 0 Å². The van der Waals surface area contributed by atoms with E-state index in [1.54, 1.807) is 19.3 Å². The van der Waals surface area contributed by atoms with Gasteiger partial charge in [0.15, 0.2) is 0 Å². The summed E-state index contributed by atoms with van der Waals surface area (Å²) in [6.45, 7) is 20.3. The molecule has 0 aromatic carbocycles. The van der Waals surface area contributed by atoms with Crippen LogP contribution in [0.15, 0.2) is 12.2 Å². The van der Waals surface area contributed by atoms with Crippen LogP contribution in [0.1, 0.15) is 153 Å². The van der Waals surface area contributed by atoms with E-state index < -0.39 is 0 Å². The summed E-state index contributed by atoms with van der Waals surface area (Å²) < 4.78 is 0. The maximum absolute atomic E-state index is 2.57. The van der Waals surface area contributed by atoms with Crippen molar-refractivity contribution in [3.05, 3.63) is 12.2 Å². The van der Waals surface area contributed by atoms with E-state index in [0.29, 0.717) is 0 Å². The fourth-order valence-electron chi connectivity index (χ4n) is 5.79. The van der Waals surface area contributed by atoms with Crippen LogP contribution in [0, 0.1) is 41.4 Å². The molecule has 0 spiro atoms. The monoisotopic (exact) mass is 451 g/mol. The molecule has 0 nitrogen and oxygen atoms in total. The van der Waals surface area contributed by atoms with Gasteiger partial charge in [0, 0.05) is 0 Å². The van der Waals surface area contributed by atoms with E-state index in [1.165, 1.54) is 64.2 Å². The van der Waals surface area contributed by atoms with Gasteiger partial charge >= 0.3 is 0 Å². The summed E-state index contributed by atoms with van der Waals surface area (Å²) in [6.07, 6.45) is 23.4. The molecule has 0 aromatic heterocycles. The molecule has 0 aliphatic heterocycles. The lowest BCUT2D eigenvalue weighted by atomic mass is 9.60. The Labute approximate surface area is 206 Å². The minimum absolute atomic E-state index is 0. The molecule has 194 valence electrons. The van der Waals surface area contributed by atoms with Crippen molar-refractivity contribution in [1.82, 2.24) is 0 Å². The van der Waals surface area contributed by atoms with Crippen molar-refractivity contribution in [3.63, 3.8) is 0 Å². The molecule has 0 bridgehead atoms. The summed E-state index contributed by atoms with van der Waals surface area (Å²) >= 11 is 0. The third-order valence-corrected chi connectivity index (χ3v) is 8.58. The van der Waals surface area contributed by atoms with Gasteiger partial charge in [-0.1, -0.05) is 133 Å². The Kier molecular flexibility index (Phi) is 22.6. The number of unbranched alkanes of at least 4 members (excludes halogenated alkanes) is 1. The molecule has 32 heavy (non-hydrogen) atoms. The third-order valence-electron chi connectivity index (χ3n) is 8.58. The predicted octanol–water partition coefficient (Wildman–Crippen LogP) is 11.7. The third kappa shape index (κ3) is 13.4. The molecule has 2 aliphatic rings. The van der Waals surface area contributed by atoms with Crippen LogP contribution >= 0.6 is 0 Å². The summed E-state index contributed by atoms with van der Waals surface area (Å²) in [5.74, 6) is 7.17. The molecule has 0 N–H and O–H groups in total. The molecular weight excluding hydrogens is 384 g/mol. The van der Waals surface area contributed by atoms with Crippen molar-refractivity contribution in [3.8, 4) is 0 Å². The molecule has 2 aliphatic carbocycles. The Morgan fingerprint density at radius 3 is 1.97 bits per heavy atom. The van der Waals surface area contributed by atoms with Gasteiger partial charge in [-0.05, 0) is 74.0 Å². The molecular formula is C32H66. The van der Waals surface area contributed by atoms with E-state index in [1.807, 2.05) is 13.8 Å². The van der Waals surface area contributed by atoms with E-state index in [2.05, 4.69) is 60.6 Å². The Hall–Kier alpha value is -0.260. The Morgan fingerprint density at radius 2 is 1.47 bits per heavy atom. The molecule has 6 unspecified atom stereocenters. The topological polar surface area (TPSA) is 0 Å². The van der Waals surface area contributed by atoms with Crippen LogP contribution < -0.4 is 0 Å². The minimum Gasteiger partial charge on any atom is -0.0917 e. The largest absolute Gasteiger partial charge is 0.0917 e. The van der Waals surface area contributed by atoms with Gasteiger partial charge in [0.25, 0.3) is 0 Å². The summed E-state index contributed by atoms with van der Waals surface area (Å²) in [7, 11) is 0. The average molecular weight is 451 g/mol. The van der Waals surface area contributed by atoms with Gasteiger partial charge in [-0.3, -0.25) is 0 Å². The first kappa shape index (κ1) is 33.9. The van der Waals surface area contributed by atoms with Crippen molar-refractivity contribution in [2.24, 2.45) is 41.4 Å². The quantitative estimate of drug-likeness (QED) is 0.193. The highest BCUT2D eigenvalue weighted by Crippen LogP contribution is 2.54. The zero-order chi connectivity index (χ0) is 23.6. The normalized spacial score (nSPS) is 24.2. The van der Waals surface area contributed by atoms with Gasteiger partial charge < -0.3 is 0 Å². The van der Waals surface area contributed by atoms with E-state index in [-0.39, 0.29) is 7.43 Å². The standard InChI is InChI=1S/C23H42.C6H14.C2H6.CH4/c1-5-7-11-18(3)12-8-9-13-20(6-2)16-19(4)23-17-21-14-10-15-22(21)23;1-4-6(3)5-2;1-2;/h5,7,18-23H,6,8-17H2,1-4H3;6H,4-5H2,1-3H3;1-2H3;1H4/b7-5-;;;. The Bertz CT molecular complexity index is 404. The second-order valence-electron chi connectivity index (χ2n) is 10.9. The molecule has 0 amide bonds. The zero-order valence-corrected chi connectivity index (χ0v) is 23.4. The van der Waals surface area contributed by atoms with Crippen LogP contribution in [0.2, 0.25) is 0 Å². The smallest absolute Gasteiger partial charge is 0.0325 e. The van der Waals surface area contributed by atoms with Crippen LogP contribution in [0.3, 0.4) is 0 Å². The van der Waals surface area contributed by atoms with E-state index in [9.17, 15) is 0 Å². The van der Waals surface area contributed by atoms with Gasteiger partial charge in [0.05, 0.1) is 0 Å². The second kappa shape index (κ2) is 21.3. The first-order valence-corrected chi connectivity index (χ1v) is 14.6. The van der Waals surface area contributed by atoms with Crippen molar-refractivity contribution in [1.29, 1.82) is 0 Å². The van der Waals surface area contributed by atoms with Crippen molar-refractivity contribution in [2.75, 3.05) is 0 Å². The molecule has 0 heterocycles. The molecule has 2 saturated carbocycles. The molecule has 2 fully saturated rings. The lowest BCUT2D eigenvalue weighted by Crippen LogP contribution is -2.37. The highest BCUT2D eigenvalue weighted by atomic mass is 14.5. The lowest BCUT2D eigenvalue weighted by Gasteiger charge is -2.45. The van der Waals surface area contributed by atoms with E-state index in [0.717, 1.165) is 41.4 Å². The second-order valence-corrected chi connectivity index (χ2v) is 10.9. The summed E-state index contributed by atoms with van der Waals surface area (Å²) in [5.41, 5.74) is 0. The zero-order valence-electron chi connectivity index (χ0n) is 23.4. The van der Waals surface area contributed by atoms with Crippen molar-refractivity contribution >= 4 is 0 Å². The Balaban J connectivity index is 0. The number of hydrogen-bond donors (Lipinski definition) is 0. The molecule has 6 atom stereocenters. The number of hydrogen-bond acceptors (Lipinski definition) is 0. The van der Waals surface area contributed by atoms with E-state index in [4.69, 9.17) is 0 Å². The van der Waals surface area contributed by atoms with Gasteiger partial charge in [-0.25, -0.2) is 0 Å². The van der Waals surface area contributed by atoms with Gasteiger partial charge in [0.2, 0.25) is 0 Å². The predicted molar refractivity (Wildman–Crippen MR) is 151 cm³/mol. The van der Waals surface area contributed by atoms with Crippen LogP contribution in [-0.2, 0) is 0 Å². The minimum atomic E-state index is 0. The van der Waals surface area contributed by atoms with Gasteiger partial charge in [-0.2, -0.15) is 0 Å². The average Bonchev–Trinajstić information content (AvgIpc) is 3.15. The maximum atomic E-state index is 2.57. The first-order valence-electron chi connectivity index (χ1n) is 14.6. The molecule has 0 saturated heterocycles. The number of rotatable bonds is 13. The lowest BCUT2D eigenvalue weighted by molar-refractivity contribution is 0.0434. The molecule has 2 rings (SSSR count). The summed E-state index contributed by atoms with van der Waals surface area (Å²) in [6, 6.07) is 0.